The number of nitrogens with zero attached hydrogens (tertiary/aromatic N) is 1. The van der Waals surface area contributed by atoms with Gasteiger partial charge in [-0.05, 0) is 30.7 Å². The van der Waals surface area contributed by atoms with Crippen LogP contribution in [0.4, 0.5) is 4.39 Å². The Morgan fingerprint density at radius 1 is 1.31 bits per heavy atom. The molecule has 0 aliphatic rings. The minimum atomic E-state index is -0.290. The van der Waals surface area contributed by atoms with Gasteiger partial charge in [-0.1, -0.05) is 0 Å². The maximum atomic E-state index is 12.9. The van der Waals surface area contributed by atoms with E-state index < -0.39 is 0 Å². The van der Waals surface area contributed by atoms with Crippen molar-refractivity contribution >= 4 is 5.84 Å². The molecule has 0 spiro atoms. The Labute approximate surface area is 77.5 Å². The summed E-state index contributed by atoms with van der Waals surface area (Å²) in [5, 5.41) is 7.64. The predicted octanol–water partition coefficient (Wildman–Crippen LogP) is 2.02. The number of aryl methyl sites for hydroxylation is 1. The molecule has 1 aromatic rings. The minimum absolute atomic E-state index is 0.290. The molecule has 1 aromatic carbocycles. The molecule has 1 rings (SSSR count). The molecule has 0 bridgehead atoms. The molecule has 1 N–H and O–H groups in total. The van der Waals surface area contributed by atoms with Crippen molar-refractivity contribution in [3.8, 4) is 0 Å². The molecule has 13 heavy (non-hydrogen) atoms. The van der Waals surface area contributed by atoms with Crippen molar-refractivity contribution in [2.45, 2.75) is 6.92 Å². The van der Waals surface area contributed by atoms with E-state index in [0.717, 1.165) is 5.56 Å². The summed E-state index contributed by atoms with van der Waals surface area (Å²) in [7, 11) is 3.53. The van der Waals surface area contributed by atoms with Crippen LogP contribution in [0.25, 0.3) is 0 Å². The van der Waals surface area contributed by atoms with Gasteiger partial charge in [-0.25, -0.2) is 4.39 Å². The SMILES string of the molecule is Cc1cc(F)cc(C(=N)N(C)C)c1. The van der Waals surface area contributed by atoms with Gasteiger partial charge in [0.05, 0.1) is 0 Å². The Morgan fingerprint density at radius 3 is 2.38 bits per heavy atom. The topological polar surface area (TPSA) is 27.1 Å². The molecular formula is C10H13FN2. The van der Waals surface area contributed by atoms with Crippen molar-refractivity contribution in [1.29, 1.82) is 5.41 Å². The van der Waals surface area contributed by atoms with Gasteiger partial charge in [-0.3, -0.25) is 5.41 Å². The normalized spacial score (nSPS) is 9.85. The standard InChI is InChI=1S/C10H13FN2/c1-7-4-8(6-9(11)5-7)10(12)13(2)3/h4-6,12H,1-3H3. The smallest absolute Gasteiger partial charge is 0.127 e. The Hall–Kier alpha value is -1.38. The lowest BCUT2D eigenvalue weighted by molar-refractivity contribution is 0.611. The van der Waals surface area contributed by atoms with Gasteiger partial charge in [-0.15, -0.1) is 0 Å². The zero-order valence-corrected chi connectivity index (χ0v) is 8.06. The molecule has 0 unspecified atom stereocenters. The van der Waals surface area contributed by atoms with Crippen LogP contribution in [0.5, 0.6) is 0 Å². The Bertz CT molecular complexity index is 311. The third-order valence-corrected chi connectivity index (χ3v) is 1.76. The highest BCUT2D eigenvalue weighted by molar-refractivity contribution is 5.96. The van der Waals surface area contributed by atoms with Crippen LogP contribution < -0.4 is 0 Å². The summed E-state index contributed by atoms with van der Waals surface area (Å²) in [6, 6.07) is 4.62. The van der Waals surface area contributed by atoms with Crippen LogP contribution in [0.2, 0.25) is 0 Å². The largest absolute Gasteiger partial charge is 0.363 e. The molecule has 3 heteroatoms. The van der Waals surface area contributed by atoms with Crippen LogP contribution in [0.15, 0.2) is 18.2 Å². The highest BCUT2D eigenvalue weighted by Crippen LogP contribution is 2.09. The van der Waals surface area contributed by atoms with E-state index in [0.29, 0.717) is 11.4 Å². The molecule has 0 aromatic heterocycles. The van der Waals surface area contributed by atoms with Gasteiger partial charge in [-0.2, -0.15) is 0 Å². The molecular weight excluding hydrogens is 167 g/mol. The maximum Gasteiger partial charge on any atom is 0.127 e. The first-order valence-corrected chi connectivity index (χ1v) is 4.04. The Kier molecular flexibility index (Phi) is 2.66. The molecule has 0 radical (unpaired) electrons. The zero-order valence-electron chi connectivity index (χ0n) is 8.06. The predicted molar refractivity (Wildman–Crippen MR) is 51.7 cm³/mol. The Morgan fingerprint density at radius 2 is 1.92 bits per heavy atom. The number of benzene rings is 1. The van der Waals surface area contributed by atoms with Gasteiger partial charge in [0.15, 0.2) is 0 Å². The summed E-state index contributed by atoms with van der Waals surface area (Å²) in [5.41, 5.74) is 1.45. The fourth-order valence-corrected chi connectivity index (χ4v) is 1.13. The monoisotopic (exact) mass is 180 g/mol. The average Bonchev–Trinajstić information content (AvgIpc) is 2.01. The fraction of sp³-hybridized carbons (Fsp3) is 0.300. The number of nitrogens with one attached hydrogen (secondary N) is 1. The molecule has 0 aliphatic heterocycles. The molecule has 0 amide bonds. The van der Waals surface area contributed by atoms with E-state index in [4.69, 9.17) is 5.41 Å². The van der Waals surface area contributed by atoms with Crippen LogP contribution in [0.1, 0.15) is 11.1 Å². The summed E-state index contributed by atoms with van der Waals surface area (Å²) < 4.78 is 12.9. The first-order chi connectivity index (χ1) is 6.00. The molecule has 0 fully saturated rings. The van der Waals surface area contributed by atoms with Gasteiger partial charge in [0.1, 0.15) is 11.7 Å². The quantitative estimate of drug-likeness (QED) is 0.519. The lowest BCUT2D eigenvalue weighted by atomic mass is 10.1. The Balaban J connectivity index is 3.08. The van der Waals surface area contributed by atoms with Crippen LogP contribution in [-0.4, -0.2) is 24.8 Å². The van der Waals surface area contributed by atoms with Crippen LogP contribution in [0.3, 0.4) is 0 Å². The summed E-state index contributed by atoms with van der Waals surface area (Å²) >= 11 is 0. The molecule has 2 nitrogen and oxygen atoms in total. The van der Waals surface area contributed by atoms with Gasteiger partial charge in [0.25, 0.3) is 0 Å². The molecule has 0 saturated carbocycles. The van der Waals surface area contributed by atoms with Gasteiger partial charge in [0.2, 0.25) is 0 Å². The van der Waals surface area contributed by atoms with Crippen LogP contribution in [-0.2, 0) is 0 Å². The van der Waals surface area contributed by atoms with Crippen molar-refractivity contribution < 1.29 is 4.39 Å². The number of rotatable bonds is 1. The van der Waals surface area contributed by atoms with E-state index in [1.165, 1.54) is 12.1 Å². The van der Waals surface area contributed by atoms with Crippen molar-refractivity contribution in [2.75, 3.05) is 14.1 Å². The van der Waals surface area contributed by atoms with Crippen LogP contribution in [0, 0.1) is 18.2 Å². The van der Waals surface area contributed by atoms with E-state index in [1.807, 2.05) is 6.92 Å². The molecule has 0 atom stereocenters. The number of hydrogen-bond donors (Lipinski definition) is 1. The second-order valence-corrected chi connectivity index (χ2v) is 3.26. The first kappa shape index (κ1) is 9.71. The van der Waals surface area contributed by atoms with Gasteiger partial charge in [0, 0.05) is 19.7 Å². The zero-order chi connectivity index (χ0) is 10.0. The van der Waals surface area contributed by atoms with Crippen LogP contribution >= 0.6 is 0 Å². The average molecular weight is 180 g/mol. The second kappa shape index (κ2) is 3.56. The summed E-state index contributed by atoms with van der Waals surface area (Å²) in [5.74, 6) is 0.0317. The van der Waals surface area contributed by atoms with Gasteiger partial charge >= 0.3 is 0 Å². The third kappa shape index (κ3) is 2.28. The summed E-state index contributed by atoms with van der Waals surface area (Å²) in [6.07, 6.45) is 0. The highest BCUT2D eigenvalue weighted by Gasteiger charge is 2.05. The van der Waals surface area contributed by atoms with E-state index in [1.54, 1.807) is 25.1 Å². The summed E-state index contributed by atoms with van der Waals surface area (Å²) in [6.45, 7) is 1.82. The second-order valence-electron chi connectivity index (χ2n) is 3.26. The summed E-state index contributed by atoms with van der Waals surface area (Å²) in [4.78, 5) is 1.65. The van der Waals surface area contributed by atoms with Crippen molar-refractivity contribution in [3.63, 3.8) is 0 Å². The molecule has 0 heterocycles. The fourth-order valence-electron chi connectivity index (χ4n) is 1.13. The number of hydrogen-bond acceptors (Lipinski definition) is 1. The van der Waals surface area contributed by atoms with Crippen molar-refractivity contribution in [1.82, 2.24) is 4.90 Å². The van der Waals surface area contributed by atoms with E-state index in [9.17, 15) is 4.39 Å². The van der Waals surface area contributed by atoms with E-state index >= 15 is 0 Å². The lowest BCUT2D eigenvalue weighted by Gasteiger charge is -2.13. The number of halogens is 1. The molecule has 0 aliphatic carbocycles. The maximum absolute atomic E-state index is 12.9. The first-order valence-electron chi connectivity index (χ1n) is 4.04. The van der Waals surface area contributed by atoms with Crippen molar-refractivity contribution in [2.24, 2.45) is 0 Å². The third-order valence-electron chi connectivity index (χ3n) is 1.76. The van der Waals surface area contributed by atoms with E-state index in [-0.39, 0.29) is 5.82 Å². The number of amidine groups is 1. The van der Waals surface area contributed by atoms with Crippen molar-refractivity contribution in [3.05, 3.63) is 35.1 Å². The minimum Gasteiger partial charge on any atom is -0.363 e. The van der Waals surface area contributed by atoms with Gasteiger partial charge < -0.3 is 4.90 Å². The lowest BCUT2D eigenvalue weighted by Crippen LogP contribution is -2.21. The van der Waals surface area contributed by atoms with E-state index in [2.05, 4.69) is 0 Å². The highest BCUT2D eigenvalue weighted by atomic mass is 19.1. The molecule has 0 saturated heterocycles. The molecule has 70 valence electrons.